The third-order valence-corrected chi connectivity index (χ3v) is 5.99. The summed E-state index contributed by atoms with van der Waals surface area (Å²) < 4.78 is 1.72. The Bertz CT molecular complexity index is 1220. The van der Waals surface area contributed by atoms with Gasteiger partial charge in [0.1, 0.15) is 6.33 Å². The summed E-state index contributed by atoms with van der Waals surface area (Å²) in [5.74, 6) is 0.673. The van der Waals surface area contributed by atoms with E-state index >= 15 is 0 Å². The maximum Gasteiger partial charge on any atom is 0.254 e. The number of anilines is 2. The van der Waals surface area contributed by atoms with Gasteiger partial charge in [-0.1, -0.05) is 19.8 Å². The highest BCUT2D eigenvalue weighted by molar-refractivity contribution is 5.95. The number of aromatic nitrogens is 6. The van der Waals surface area contributed by atoms with E-state index in [4.69, 9.17) is 0 Å². The van der Waals surface area contributed by atoms with Crippen LogP contribution in [0.4, 0.5) is 11.5 Å². The summed E-state index contributed by atoms with van der Waals surface area (Å²) in [6, 6.07) is 7.78. The van der Waals surface area contributed by atoms with Gasteiger partial charge in [0, 0.05) is 48.7 Å². The number of nitrogens with zero attached hydrogens (tertiary/aromatic N) is 6. The first-order chi connectivity index (χ1) is 16.2. The van der Waals surface area contributed by atoms with Crippen LogP contribution in [0.15, 0.2) is 49.2 Å². The van der Waals surface area contributed by atoms with Crippen molar-refractivity contribution in [2.75, 3.05) is 25.0 Å². The third-order valence-electron chi connectivity index (χ3n) is 5.99. The number of carbonyl (C=O) groups is 1. The third kappa shape index (κ3) is 4.29. The molecule has 1 aromatic carbocycles. The van der Waals surface area contributed by atoms with Crippen LogP contribution in [0.3, 0.4) is 0 Å². The van der Waals surface area contributed by atoms with Crippen LogP contribution in [0.5, 0.6) is 0 Å². The second kappa shape index (κ2) is 9.37. The second-order valence-corrected chi connectivity index (χ2v) is 8.18. The molecule has 10 nitrogen and oxygen atoms in total. The number of benzene rings is 1. The van der Waals surface area contributed by atoms with Crippen molar-refractivity contribution in [1.82, 2.24) is 40.0 Å². The Hall–Kier alpha value is -3.79. The lowest BCUT2D eigenvalue weighted by molar-refractivity contribution is 0.0622. The largest absolute Gasteiger partial charge is 0.337 e. The molecule has 10 heteroatoms. The number of nitrogens with one attached hydrogen (secondary N) is 3. The molecule has 1 saturated heterocycles. The molecule has 0 saturated carbocycles. The summed E-state index contributed by atoms with van der Waals surface area (Å²) in [5, 5.41) is 17.8. The van der Waals surface area contributed by atoms with Crippen molar-refractivity contribution < 1.29 is 4.79 Å². The molecular formula is C23H27N9O. The van der Waals surface area contributed by atoms with E-state index < -0.39 is 0 Å². The fourth-order valence-electron chi connectivity index (χ4n) is 4.22. The van der Waals surface area contributed by atoms with Crippen LogP contribution in [0.1, 0.15) is 36.5 Å². The van der Waals surface area contributed by atoms with E-state index in [1.54, 1.807) is 23.1 Å². The number of hydrogen-bond acceptors (Lipinski definition) is 7. The van der Waals surface area contributed by atoms with Gasteiger partial charge in [-0.05, 0) is 30.7 Å². The summed E-state index contributed by atoms with van der Waals surface area (Å²) in [6.45, 7) is 4.62. The van der Waals surface area contributed by atoms with Crippen molar-refractivity contribution in [2.24, 2.45) is 0 Å². The van der Waals surface area contributed by atoms with E-state index in [0.717, 1.165) is 55.8 Å². The van der Waals surface area contributed by atoms with Gasteiger partial charge in [-0.25, -0.2) is 14.5 Å². The smallest absolute Gasteiger partial charge is 0.254 e. The number of carbonyl (C=O) groups excluding carboxylic acids is 1. The Morgan fingerprint density at radius 2 is 2.09 bits per heavy atom. The summed E-state index contributed by atoms with van der Waals surface area (Å²) in [6.07, 6.45) is 10.0. The van der Waals surface area contributed by atoms with Crippen LogP contribution in [-0.2, 0) is 0 Å². The van der Waals surface area contributed by atoms with E-state index in [9.17, 15) is 4.79 Å². The molecule has 0 radical (unpaired) electrons. The lowest BCUT2D eigenvalue weighted by atomic mass is 10.0. The normalized spacial score (nSPS) is 16.3. The number of fused-ring (bicyclic) bond motifs is 1. The average Bonchev–Trinajstić information content (AvgIpc) is 3.56. The fraction of sp³-hybridized carbons (Fsp3) is 0.348. The Balaban J connectivity index is 1.33. The molecule has 170 valence electrons. The summed E-state index contributed by atoms with van der Waals surface area (Å²) in [7, 11) is 0. The summed E-state index contributed by atoms with van der Waals surface area (Å²) in [4.78, 5) is 24.1. The van der Waals surface area contributed by atoms with Crippen molar-refractivity contribution in [1.29, 1.82) is 0 Å². The Morgan fingerprint density at radius 1 is 1.21 bits per heavy atom. The lowest BCUT2D eigenvalue weighted by Gasteiger charge is -2.36. The van der Waals surface area contributed by atoms with Gasteiger partial charge in [-0.3, -0.25) is 9.89 Å². The Morgan fingerprint density at radius 3 is 2.88 bits per heavy atom. The maximum atomic E-state index is 13.2. The van der Waals surface area contributed by atoms with Crippen LogP contribution in [0.25, 0.3) is 16.9 Å². The molecule has 1 unspecified atom stereocenters. The molecule has 1 aliphatic heterocycles. The first kappa shape index (κ1) is 21.1. The number of piperazine rings is 1. The molecule has 4 heterocycles. The van der Waals surface area contributed by atoms with E-state index in [1.807, 2.05) is 29.2 Å². The first-order valence-electron chi connectivity index (χ1n) is 11.3. The highest BCUT2D eigenvalue weighted by atomic mass is 16.2. The van der Waals surface area contributed by atoms with Gasteiger partial charge < -0.3 is 15.5 Å². The minimum absolute atomic E-state index is 0.0894. The first-order valence-corrected chi connectivity index (χ1v) is 11.3. The van der Waals surface area contributed by atoms with Crippen LogP contribution in [-0.4, -0.2) is 66.3 Å². The van der Waals surface area contributed by atoms with E-state index in [-0.39, 0.29) is 11.9 Å². The van der Waals surface area contributed by atoms with Gasteiger partial charge in [0.2, 0.25) is 0 Å². The molecule has 3 N–H and O–H groups in total. The molecule has 1 amide bonds. The highest BCUT2D eigenvalue weighted by Gasteiger charge is 2.26. The molecule has 0 spiro atoms. The SMILES string of the molecule is CCCCC1CNCCN1C(=O)c1ccc(Nc2ncc(-c3cn[nH]c3)n3ncnc23)cc1. The van der Waals surface area contributed by atoms with Gasteiger partial charge >= 0.3 is 0 Å². The van der Waals surface area contributed by atoms with Gasteiger partial charge in [-0.15, -0.1) is 0 Å². The maximum absolute atomic E-state index is 13.2. The number of aromatic amines is 1. The van der Waals surface area contributed by atoms with Crippen LogP contribution < -0.4 is 10.6 Å². The standard InChI is InChI=1S/C23H27N9O/c1-2-3-4-19-13-24-9-10-31(19)23(33)16-5-7-18(8-6-16)30-21-22-26-15-29-32(22)20(14-25-21)17-11-27-28-12-17/h5-8,11-12,14-15,19,24H,2-4,9-10,13H2,1H3,(H,25,30)(H,27,28). The number of H-pyrrole nitrogens is 1. The summed E-state index contributed by atoms with van der Waals surface area (Å²) >= 11 is 0. The average molecular weight is 446 g/mol. The zero-order valence-electron chi connectivity index (χ0n) is 18.5. The zero-order chi connectivity index (χ0) is 22.6. The molecule has 4 aromatic rings. The second-order valence-electron chi connectivity index (χ2n) is 8.18. The van der Waals surface area contributed by atoms with Gasteiger partial charge in [0.05, 0.1) is 18.1 Å². The molecule has 3 aromatic heterocycles. The monoisotopic (exact) mass is 445 g/mol. The summed E-state index contributed by atoms with van der Waals surface area (Å²) in [5.41, 5.74) is 3.78. The Labute approximate surface area is 191 Å². The minimum Gasteiger partial charge on any atom is -0.337 e. The molecule has 1 fully saturated rings. The lowest BCUT2D eigenvalue weighted by Crippen LogP contribution is -2.53. The topological polar surface area (TPSA) is 116 Å². The van der Waals surface area contributed by atoms with E-state index in [1.165, 1.54) is 6.33 Å². The van der Waals surface area contributed by atoms with Gasteiger partial charge in [-0.2, -0.15) is 10.2 Å². The van der Waals surface area contributed by atoms with Crippen molar-refractivity contribution in [3.8, 4) is 11.3 Å². The molecule has 0 bridgehead atoms. The van der Waals surface area contributed by atoms with Crippen LogP contribution in [0.2, 0.25) is 0 Å². The predicted molar refractivity (Wildman–Crippen MR) is 125 cm³/mol. The Kier molecular flexibility index (Phi) is 5.99. The van der Waals surface area contributed by atoms with Gasteiger partial charge in [0.25, 0.3) is 5.91 Å². The molecule has 1 atom stereocenters. The fourth-order valence-corrected chi connectivity index (χ4v) is 4.22. The van der Waals surface area contributed by atoms with Crippen molar-refractivity contribution in [3.63, 3.8) is 0 Å². The quantitative estimate of drug-likeness (QED) is 0.400. The molecule has 5 rings (SSSR count). The number of hydrogen-bond donors (Lipinski definition) is 3. The predicted octanol–water partition coefficient (Wildman–Crippen LogP) is 2.86. The zero-order valence-corrected chi connectivity index (χ0v) is 18.5. The van der Waals surface area contributed by atoms with Crippen molar-refractivity contribution in [3.05, 3.63) is 54.7 Å². The minimum atomic E-state index is 0.0894. The number of amides is 1. The van der Waals surface area contributed by atoms with E-state index in [0.29, 0.717) is 17.0 Å². The van der Waals surface area contributed by atoms with Gasteiger partial charge in [0.15, 0.2) is 11.5 Å². The molecular weight excluding hydrogens is 418 g/mol. The van der Waals surface area contributed by atoms with Crippen LogP contribution in [0, 0.1) is 0 Å². The molecule has 1 aliphatic rings. The molecule has 33 heavy (non-hydrogen) atoms. The number of rotatable bonds is 7. The van der Waals surface area contributed by atoms with Crippen molar-refractivity contribution in [2.45, 2.75) is 32.2 Å². The molecule has 0 aliphatic carbocycles. The highest BCUT2D eigenvalue weighted by Crippen LogP contribution is 2.24. The van der Waals surface area contributed by atoms with E-state index in [2.05, 4.69) is 42.8 Å². The van der Waals surface area contributed by atoms with Crippen LogP contribution >= 0.6 is 0 Å². The number of unbranched alkanes of at least 4 members (excludes halogenated alkanes) is 1. The van der Waals surface area contributed by atoms with Crippen molar-refractivity contribution >= 4 is 23.1 Å².